The molecular weight excluding hydrogens is 226 g/mol. The first-order valence-corrected chi connectivity index (χ1v) is 6.79. The average molecular weight is 241 g/mol. The van der Waals surface area contributed by atoms with E-state index in [9.17, 15) is 13.5 Å². The Morgan fingerprint density at radius 2 is 2.00 bits per heavy atom. The van der Waals surface area contributed by atoms with Gasteiger partial charge in [-0.05, 0) is 43.5 Å². The number of phenols is 1. The summed E-state index contributed by atoms with van der Waals surface area (Å²) in [5, 5.41) is 9.37. The summed E-state index contributed by atoms with van der Waals surface area (Å²) in [6.07, 6.45) is 2.88. The molecule has 0 spiro atoms. The minimum atomic E-state index is -3.48. The molecule has 2 rings (SSSR count). The highest BCUT2D eigenvalue weighted by molar-refractivity contribution is 7.89. The normalized spacial score (nSPS) is 17.1. The lowest BCUT2D eigenvalue weighted by atomic mass is 9.94. The third kappa shape index (κ3) is 2.36. The van der Waals surface area contributed by atoms with Gasteiger partial charge in [0.15, 0.2) is 0 Å². The van der Waals surface area contributed by atoms with E-state index in [4.69, 9.17) is 0 Å². The molecular formula is C11H15NO3S. The fraction of sp³-hybridized carbons (Fsp3) is 0.455. The number of phenolic OH excluding ortho intramolecular Hbond substituents is 1. The van der Waals surface area contributed by atoms with Gasteiger partial charge in [-0.3, -0.25) is 0 Å². The number of aromatic hydroxyl groups is 1. The molecule has 0 aliphatic heterocycles. The highest BCUT2D eigenvalue weighted by Gasteiger charge is 2.24. The molecule has 5 heteroatoms. The van der Waals surface area contributed by atoms with Crippen molar-refractivity contribution < 1.29 is 13.5 Å². The summed E-state index contributed by atoms with van der Waals surface area (Å²) in [4.78, 5) is 0.136. The molecule has 88 valence electrons. The quantitative estimate of drug-likeness (QED) is 0.843. The van der Waals surface area contributed by atoms with Crippen molar-refractivity contribution in [3.63, 3.8) is 0 Å². The number of rotatable bonds is 3. The molecule has 0 aromatic heterocycles. The van der Waals surface area contributed by atoms with E-state index in [1.54, 1.807) is 13.0 Å². The Morgan fingerprint density at radius 1 is 1.31 bits per heavy atom. The van der Waals surface area contributed by atoms with E-state index in [-0.39, 0.29) is 16.7 Å². The van der Waals surface area contributed by atoms with Crippen molar-refractivity contribution in [2.24, 2.45) is 0 Å². The zero-order valence-corrected chi connectivity index (χ0v) is 9.92. The number of hydrogen-bond acceptors (Lipinski definition) is 3. The Morgan fingerprint density at radius 3 is 2.50 bits per heavy atom. The largest absolute Gasteiger partial charge is 0.508 e. The van der Waals surface area contributed by atoms with Crippen LogP contribution < -0.4 is 4.72 Å². The van der Waals surface area contributed by atoms with Crippen molar-refractivity contribution in [2.45, 2.75) is 37.1 Å². The minimum Gasteiger partial charge on any atom is -0.508 e. The Kier molecular flexibility index (Phi) is 2.90. The molecule has 0 bridgehead atoms. The van der Waals surface area contributed by atoms with Crippen molar-refractivity contribution in [3.05, 3.63) is 23.8 Å². The number of sulfonamides is 1. The first-order valence-electron chi connectivity index (χ1n) is 5.30. The van der Waals surface area contributed by atoms with Gasteiger partial charge in [0.05, 0.1) is 4.90 Å². The molecule has 0 radical (unpaired) electrons. The van der Waals surface area contributed by atoms with Gasteiger partial charge in [-0.25, -0.2) is 13.1 Å². The highest BCUT2D eigenvalue weighted by atomic mass is 32.2. The third-order valence-corrected chi connectivity index (χ3v) is 4.27. The van der Waals surface area contributed by atoms with Gasteiger partial charge in [0, 0.05) is 6.04 Å². The van der Waals surface area contributed by atoms with Crippen LogP contribution in [0.3, 0.4) is 0 Å². The Labute approximate surface area is 95.4 Å². The zero-order valence-electron chi connectivity index (χ0n) is 9.10. The standard InChI is InChI=1S/C11H15NO3S/c1-8-5-10(13)7-11(6-8)16(14,15)12-9-3-2-4-9/h5-7,9,12-13H,2-4H2,1H3. The molecule has 1 aromatic carbocycles. The molecule has 4 nitrogen and oxygen atoms in total. The first-order chi connectivity index (χ1) is 7.47. The Hall–Kier alpha value is -1.07. The van der Waals surface area contributed by atoms with Crippen LogP contribution in [0.1, 0.15) is 24.8 Å². The van der Waals surface area contributed by atoms with E-state index in [0.717, 1.165) is 24.8 Å². The molecule has 0 unspecified atom stereocenters. The van der Waals surface area contributed by atoms with Crippen molar-refractivity contribution in [1.82, 2.24) is 4.72 Å². The molecule has 2 N–H and O–H groups in total. The summed E-state index contributed by atoms with van der Waals surface area (Å²) in [5.41, 5.74) is 0.731. The smallest absolute Gasteiger partial charge is 0.240 e. The lowest BCUT2D eigenvalue weighted by Crippen LogP contribution is -2.39. The number of aryl methyl sites for hydroxylation is 1. The van der Waals surface area contributed by atoms with Crippen LogP contribution in [-0.2, 0) is 10.0 Å². The van der Waals surface area contributed by atoms with Crippen LogP contribution in [0.5, 0.6) is 5.75 Å². The highest BCUT2D eigenvalue weighted by Crippen LogP contribution is 2.23. The molecule has 1 saturated carbocycles. The van der Waals surface area contributed by atoms with Crippen LogP contribution in [-0.4, -0.2) is 19.6 Å². The van der Waals surface area contributed by atoms with E-state index >= 15 is 0 Å². The molecule has 1 aliphatic carbocycles. The summed E-state index contributed by atoms with van der Waals surface area (Å²) in [7, 11) is -3.48. The zero-order chi connectivity index (χ0) is 11.8. The van der Waals surface area contributed by atoms with Gasteiger partial charge in [0.1, 0.15) is 5.75 Å². The maximum absolute atomic E-state index is 11.9. The SMILES string of the molecule is Cc1cc(O)cc(S(=O)(=O)NC2CCC2)c1. The maximum atomic E-state index is 11.9. The first kappa shape index (κ1) is 11.4. The van der Waals surface area contributed by atoms with Gasteiger partial charge in [-0.15, -0.1) is 0 Å². The molecule has 1 aromatic rings. The van der Waals surface area contributed by atoms with Crippen LogP contribution in [0.15, 0.2) is 23.1 Å². The maximum Gasteiger partial charge on any atom is 0.240 e. The summed E-state index contributed by atoms with van der Waals surface area (Å²) in [6, 6.07) is 4.42. The Bertz CT molecular complexity index is 472. The third-order valence-electron chi connectivity index (χ3n) is 2.77. The average Bonchev–Trinajstić information content (AvgIpc) is 2.10. The van der Waals surface area contributed by atoms with Crippen LogP contribution in [0.25, 0.3) is 0 Å². The van der Waals surface area contributed by atoms with Crippen LogP contribution in [0, 0.1) is 6.92 Å². The van der Waals surface area contributed by atoms with Crippen LogP contribution in [0.4, 0.5) is 0 Å². The van der Waals surface area contributed by atoms with Crippen molar-refractivity contribution >= 4 is 10.0 Å². The second-order valence-corrected chi connectivity index (χ2v) is 5.97. The van der Waals surface area contributed by atoms with Crippen molar-refractivity contribution in [3.8, 4) is 5.75 Å². The number of benzene rings is 1. The molecule has 0 atom stereocenters. The van der Waals surface area contributed by atoms with Gasteiger partial charge in [-0.1, -0.05) is 6.42 Å². The summed E-state index contributed by atoms with van der Waals surface area (Å²) in [6.45, 7) is 1.75. The van der Waals surface area contributed by atoms with Gasteiger partial charge in [0.25, 0.3) is 0 Å². The van der Waals surface area contributed by atoms with E-state index in [1.807, 2.05) is 0 Å². The van der Waals surface area contributed by atoms with Crippen molar-refractivity contribution in [2.75, 3.05) is 0 Å². The summed E-state index contributed by atoms with van der Waals surface area (Å²) < 4.78 is 26.5. The predicted molar refractivity (Wildman–Crippen MR) is 60.8 cm³/mol. The molecule has 16 heavy (non-hydrogen) atoms. The lowest BCUT2D eigenvalue weighted by Gasteiger charge is -2.26. The monoisotopic (exact) mass is 241 g/mol. The second-order valence-electron chi connectivity index (χ2n) is 4.25. The number of hydrogen-bond donors (Lipinski definition) is 2. The summed E-state index contributed by atoms with van der Waals surface area (Å²) >= 11 is 0. The van der Waals surface area contributed by atoms with E-state index in [0.29, 0.717) is 0 Å². The lowest BCUT2D eigenvalue weighted by molar-refractivity contribution is 0.383. The fourth-order valence-electron chi connectivity index (χ4n) is 1.70. The van der Waals surface area contributed by atoms with Crippen molar-refractivity contribution in [1.29, 1.82) is 0 Å². The Balaban J connectivity index is 2.27. The molecule has 0 heterocycles. The van der Waals surface area contributed by atoms with Gasteiger partial charge in [-0.2, -0.15) is 0 Å². The van der Waals surface area contributed by atoms with Gasteiger partial charge >= 0.3 is 0 Å². The van der Waals surface area contributed by atoms with Gasteiger partial charge < -0.3 is 5.11 Å². The molecule has 1 aliphatic rings. The van der Waals surface area contributed by atoms with Crippen LogP contribution >= 0.6 is 0 Å². The van der Waals surface area contributed by atoms with E-state index in [1.165, 1.54) is 12.1 Å². The van der Waals surface area contributed by atoms with Crippen LogP contribution in [0.2, 0.25) is 0 Å². The molecule has 0 amide bonds. The number of nitrogens with one attached hydrogen (secondary N) is 1. The molecule has 1 fully saturated rings. The molecule has 0 saturated heterocycles. The minimum absolute atomic E-state index is 0.0195. The van der Waals surface area contributed by atoms with E-state index in [2.05, 4.69) is 4.72 Å². The topological polar surface area (TPSA) is 66.4 Å². The fourth-order valence-corrected chi connectivity index (χ4v) is 3.12. The van der Waals surface area contributed by atoms with E-state index < -0.39 is 10.0 Å². The van der Waals surface area contributed by atoms with Gasteiger partial charge in [0.2, 0.25) is 10.0 Å². The predicted octanol–water partition coefficient (Wildman–Crippen LogP) is 1.53. The summed E-state index contributed by atoms with van der Waals surface area (Å²) in [5.74, 6) is -0.0195. The second kappa shape index (κ2) is 4.07.